The molecule has 0 saturated heterocycles. The first kappa shape index (κ1) is 10.8. The Morgan fingerprint density at radius 2 is 2.19 bits per heavy atom. The smallest absolute Gasteiger partial charge is 0.0215 e. The molecule has 1 atom stereocenters. The lowest BCUT2D eigenvalue weighted by atomic mass is 9.53. The highest BCUT2D eigenvalue weighted by Gasteiger charge is 2.48. The summed E-state index contributed by atoms with van der Waals surface area (Å²) in [4.78, 5) is 0. The van der Waals surface area contributed by atoms with Crippen LogP contribution in [0.3, 0.4) is 0 Å². The van der Waals surface area contributed by atoms with E-state index in [-0.39, 0.29) is 0 Å². The number of halogens is 1. The van der Waals surface area contributed by atoms with Gasteiger partial charge in [-0.2, -0.15) is 0 Å². The Bertz CT molecular complexity index is 409. The Morgan fingerprint density at radius 3 is 2.81 bits per heavy atom. The van der Waals surface area contributed by atoms with Crippen molar-refractivity contribution in [2.75, 3.05) is 6.54 Å². The van der Waals surface area contributed by atoms with Crippen LogP contribution >= 0.6 is 15.9 Å². The number of hydrogen-bond acceptors (Lipinski definition) is 1. The van der Waals surface area contributed by atoms with Gasteiger partial charge < -0.3 is 5.73 Å². The predicted molar refractivity (Wildman–Crippen MR) is 70.5 cm³/mol. The summed E-state index contributed by atoms with van der Waals surface area (Å²) in [5, 5.41) is 0. The Balaban J connectivity index is 2.14. The second kappa shape index (κ2) is 3.85. The van der Waals surface area contributed by atoms with E-state index in [4.69, 9.17) is 5.73 Å². The summed E-state index contributed by atoms with van der Waals surface area (Å²) in [6.07, 6.45) is 6.53. The van der Waals surface area contributed by atoms with Crippen LogP contribution in [0.1, 0.15) is 36.8 Å². The molecule has 0 radical (unpaired) electrons. The molecule has 16 heavy (non-hydrogen) atoms. The van der Waals surface area contributed by atoms with Crippen LogP contribution in [0, 0.1) is 5.92 Å². The number of nitrogens with two attached hydrogens (primary N) is 1. The quantitative estimate of drug-likeness (QED) is 0.838. The molecule has 1 aromatic carbocycles. The summed E-state index contributed by atoms with van der Waals surface area (Å²) in [5.74, 6) is 0.701. The largest absolute Gasteiger partial charge is 0.330 e. The fourth-order valence-electron chi connectivity index (χ4n) is 3.70. The minimum Gasteiger partial charge on any atom is -0.330 e. The van der Waals surface area contributed by atoms with E-state index in [0.29, 0.717) is 11.3 Å². The molecule has 0 aliphatic heterocycles. The van der Waals surface area contributed by atoms with Gasteiger partial charge in [0.2, 0.25) is 0 Å². The van der Waals surface area contributed by atoms with Crippen molar-refractivity contribution in [1.29, 1.82) is 0 Å². The van der Waals surface area contributed by atoms with Crippen molar-refractivity contribution < 1.29 is 0 Å². The molecule has 2 aliphatic carbocycles. The average molecular weight is 280 g/mol. The third-order valence-corrected chi connectivity index (χ3v) is 5.33. The fourth-order valence-corrected chi connectivity index (χ4v) is 4.51. The van der Waals surface area contributed by atoms with Crippen LogP contribution in [0.5, 0.6) is 0 Å². The lowest BCUT2D eigenvalue weighted by Gasteiger charge is -2.52. The normalized spacial score (nSPS) is 26.2. The number of fused-ring (bicyclic) bond motifs is 2. The zero-order valence-electron chi connectivity index (χ0n) is 9.51. The van der Waals surface area contributed by atoms with Crippen molar-refractivity contribution in [1.82, 2.24) is 0 Å². The fraction of sp³-hybridized carbons (Fsp3) is 0.571. The van der Waals surface area contributed by atoms with Crippen LogP contribution in [0.25, 0.3) is 0 Å². The molecular formula is C14H18BrN. The highest BCUT2D eigenvalue weighted by atomic mass is 79.9. The topological polar surface area (TPSA) is 26.0 Å². The molecule has 0 bridgehead atoms. The number of rotatable bonds is 1. The van der Waals surface area contributed by atoms with Crippen molar-refractivity contribution >= 4 is 15.9 Å². The highest BCUT2D eigenvalue weighted by Crippen LogP contribution is 2.55. The summed E-state index contributed by atoms with van der Waals surface area (Å²) in [6, 6.07) is 6.66. The number of aryl methyl sites for hydroxylation is 1. The third kappa shape index (κ3) is 1.32. The van der Waals surface area contributed by atoms with Crippen LogP contribution in [0.4, 0.5) is 0 Å². The van der Waals surface area contributed by atoms with Gasteiger partial charge in [0.05, 0.1) is 0 Å². The van der Waals surface area contributed by atoms with Crippen LogP contribution in [0.2, 0.25) is 0 Å². The Morgan fingerprint density at radius 1 is 1.38 bits per heavy atom. The highest BCUT2D eigenvalue weighted by molar-refractivity contribution is 9.10. The molecule has 1 fully saturated rings. The average Bonchev–Trinajstić information content (AvgIpc) is 2.25. The molecule has 2 N–H and O–H groups in total. The Kier molecular flexibility index (Phi) is 2.60. The molecule has 1 unspecified atom stereocenters. The van der Waals surface area contributed by atoms with Crippen molar-refractivity contribution in [3.8, 4) is 0 Å². The van der Waals surface area contributed by atoms with Gasteiger partial charge in [-0.1, -0.05) is 34.5 Å². The molecule has 0 amide bonds. The standard InChI is InChI=1S/C14H18BrN/c15-12-4-1-3-10-5-6-11(9-16)14(13(10)12)7-2-8-14/h1,3-4,11H,2,5-9,16H2. The minimum absolute atomic E-state index is 0.419. The molecule has 0 aromatic heterocycles. The first-order valence-corrected chi connectivity index (χ1v) is 7.05. The number of benzene rings is 1. The molecule has 1 spiro atoms. The summed E-state index contributed by atoms with van der Waals surface area (Å²) in [7, 11) is 0. The van der Waals surface area contributed by atoms with Crippen LogP contribution < -0.4 is 5.73 Å². The molecule has 3 rings (SSSR count). The summed E-state index contributed by atoms with van der Waals surface area (Å²) in [6.45, 7) is 0.848. The lowest BCUT2D eigenvalue weighted by Crippen LogP contribution is -2.48. The van der Waals surface area contributed by atoms with Gasteiger partial charge in [-0.05, 0) is 55.3 Å². The molecule has 1 nitrogen and oxygen atoms in total. The zero-order chi connectivity index (χ0) is 11.2. The first-order valence-electron chi connectivity index (χ1n) is 6.26. The van der Waals surface area contributed by atoms with Gasteiger partial charge in [0, 0.05) is 9.89 Å². The van der Waals surface area contributed by atoms with Crippen molar-refractivity contribution in [2.24, 2.45) is 11.7 Å². The minimum atomic E-state index is 0.419. The van der Waals surface area contributed by atoms with E-state index in [9.17, 15) is 0 Å². The molecule has 0 heterocycles. The summed E-state index contributed by atoms with van der Waals surface area (Å²) < 4.78 is 1.31. The maximum Gasteiger partial charge on any atom is 0.0215 e. The summed E-state index contributed by atoms with van der Waals surface area (Å²) >= 11 is 3.75. The second-order valence-electron chi connectivity index (χ2n) is 5.25. The van der Waals surface area contributed by atoms with Gasteiger partial charge >= 0.3 is 0 Å². The van der Waals surface area contributed by atoms with E-state index in [2.05, 4.69) is 34.1 Å². The van der Waals surface area contributed by atoms with Crippen molar-refractivity contribution in [2.45, 2.75) is 37.5 Å². The van der Waals surface area contributed by atoms with Gasteiger partial charge in [-0.15, -0.1) is 0 Å². The predicted octanol–water partition coefficient (Wildman–Crippen LogP) is 3.39. The zero-order valence-corrected chi connectivity index (χ0v) is 11.1. The van der Waals surface area contributed by atoms with Gasteiger partial charge in [-0.3, -0.25) is 0 Å². The molecule has 1 saturated carbocycles. The molecule has 1 aromatic rings. The van der Waals surface area contributed by atoms with Gasteiger partial charge in [0.1, 0.15) is 0 Å². The first-order chi connectivity index (χ1) is 7.78. The Hall–Kier alpha value is -0.340. The van der Waals surface area contributed by atoms with E-state index in [0.717, 1.165) is 6.54 Å². The number of hydrogen-bond donors (Lipinski definition) is 1. The maximum atomic E-state index is 5.98. The van der Waals surface area contributed by atoms with E-state index in [1.165, 1.54) is 36.6 Å². The van der Waals surface area contributed by atoms with Crippen molar-refractivity contribution in [3.63, 3.8) is 0 Å². The molecular weight excluding hydrogens is 262 g/mol. The van der Waals surface area contributed by atoms with E-state index in [1.807, 2.05) is 0 Å². The van der Waals surface area contributed by atoms with Crippen LogP contribution in [0.15, 0.2) is 22.7 Å². The van der Waals surface area contributed by atoms with Gasteiger partial charge in [0.15, 0.2) is 0 Å². The Labute approximate surface area is 106 Å². The van der Waals surface area contributed by atoms with Gasteiger partial charge in [0.25, 0.3) is 0 Å². The maximum absolute atomic E-state index is 5.98. The monoisotopic (exact) mass is 279 g/mol. The van der Waals surface area contributed by atoms with Crippen LogP contribution in [-0.4, -0.2) is 6.54 Å². The van der Waals surface area contributed by atoms with E-state index < -0.39 is 0 Å². The van der Waals surface area contributed by atoms with Gasteiger partial charge in [-0.25, -0.2) is 0 Å². The van der Waals surface area contributed by atoms with Crippen molar-refractivity contribution in [3.05, 3.63) is 33.8 Å². The lowest BCUT2D eigenvalue weighted by molar-refractivity contribution is 0.128. The second-order valence-corrected chi connectivity index (χ2v) is 6.11. The molecule has 2 heteroatoms. The molecule has 86 valence electrons. The summed E-state index contributed by atoms with van der Waals surface area (Å²) in [5.41, 5.74) is 9.54. The SMILES string of the molecule is NCC1CCc2cccc(Br)c2C12CCC2. The molecule has 2 aliphatic rings. The van der Waals surface area contributed by atoms with E-state index in [1.54, 1.807) is 11.1 Å². The van der Waals surface area contributed by atoms with E-state index >= 15 is 0 Å². The third-order valence-electron chi connectivity index (χ3n) is 4.67. The van der Waals surface area contributed by atoms with Crippen LogP contribution in [-0.2, 0) is 11.8 Å².